The summed E-state index contributed by atoms with van der Waals surface area (Å²) in [4.78, 5) is 2.56. The SMILES string of the molecule is CC1CC1c1ccc(C(CN)N2CCCCCC2C)o1. The van der Waals surface area contributed by atoms with E-state index in [2.05, 4.69) is 30.9 Å². The Hall–Kier alpha value is -0.800. The van der Waals surface area contributed by atoms with Crippen LogP contribution in [0.4, 0.5) is 0 Å². The molecule has 2 fully saturated rings. The predicted molar refractivity (Wildman–Crippen MR) is 81.7 cm³/mol. The summed E-state index contributed by atoms with van der Waals surface area (Å²) in [5, 5.41) is 0. The van der Waals surface area contributed by atoms with Crippen molar-refractivity contribution in [3.8, 4) is 0 Å². The molecule has 112 valence electrons. The van der Waals surface area contributed by atoms with Crippen molar-refractivity contribution in [3.05, 3.63) is 23.7 Å². The first-order valence-corrected chi connectivity index (χ1v) is 8.26. The van der Waals surface area contributed by atoms with Crippen LogP contribution in [-0.4, -0.2) is 24.0 Å². The molecule has 0 bridgehead atoms. The molecule has 3 heteroatoms. The summed E-state index contributed by atoms with van der Waals surface area (Å²) in [5.41, 5.74) is 6.08. The molecule has 4 atom stereocenters. The van der Waals surface area contributed by atoms with Gasteiger partial charge in [0.25, 0.3) is 0 Å². The van der Waals surface area contributed by atoms with Gasteiger partial charge in [-0.3, -0.25) is 4.90 Å². The van der Waals surface area contributed by atoms with E-state index in [0.29, 0.717) is 18.5 Å². The molecule has 0 spiro atoms. The highest BCUT2D eigenvalue weighted by molar-refractivity contribution is 5.19. The normalized spacial score (nSPS) is 32.9. The van der Waals surface area contributed by atoms with Gasteiger partial charge in [0.1, 0.15) is 11.5 Å². The molecule has 3 nitrogen and oxygen atoms in total. The fourth-order valence-corrected chi connectivity index (χ4v) is 3.64. The molecule has 4 unspecified atom stereocenters. The van der Waals surface area contributed by atoms with Gasteiger partial charge in [0.2, 0.25) is 0 Å². The van der Waals surface area contributed by atoms with E-state index >= 15 is 0 Å². The van der Waals surface area contributed by atoms with Crippen LogP contribution in [0.3, 0.4) is 0 Å². The van der Waals surface area contributed by atoms with Crippen LogP contribution < -0.4 is 5.73 Å². The lowest BCUT2D eigenvalue weighted by atomic mass is 10.1. The highest BCUT2D eigenvalue weighted by atomic mass is 16.3. The number of rotatable bonds is 4. The van der Waals surface area contributed by atoms with Gasteiger partial charge in [0, 0.05) is 18.5 Å². The Balaban J connectivity index is 1.76. The highest BCUT2D eigenvalue weighted by Crippen LogP contribution is 2.47. The molecule has 1 saturated heterocycles. The molecule has 1 saturated carbocycles. The van der Waals surface area contributed by atoms with E-state index in [1.54, 1.807) is 0 Å². The summed E-state index contributed by atoms with van der Waals surface area (Å²) in [6.07, 6.45) is 6.54. The second-order valence-electron chi connectivity index (χ2n) is 6.75. The molecule has 2 heterocycles. The summed E-state index contributed by atoms with van der Waals surface area (Å²) in [6.45, 7) is 6.43. The van der Waals surface area contributed by atoms with Crippen molar-refractivity contribution in [2.45, 2.75) is 64.0 Å². The van der Waals surface area contributed by atoms with Gasteiger partial charge in [0.15, 0.2) is 0 Å². The molecule has 1 aromatic heterocycles. The molecule has 1 aromatic rings. The lowest BCUT2D eigenvalue weighted by Crippen LogP contribution is -2.39. The molecule has 1 aliphatic heterocycles. The Morgan fingerprint density at radius 3 is 2.80 bits per heavy atom. The molecule has 0 radical (unpaired) electrons. The smallest absolute Gasteiger partial charge is 0.122 e. The number of hydrogen-bond acceptors (Lipinski definition) is 3. The maximum Gasteiger partial charge on any atom is 0.122 e. The summed E-state index contributed by atoms with van der Waals surface area (Å²) in [7, 11) is 0. The van der Waals surface area contributed by atoms with Crippen molar-refractivity contribution in [3.63, 3.8) is 0 Å². The standard InChI is InChI=1S/C17H28N2O/c1-12-10-14(12)16-7-8-17(20-16)15(11-18)19-9-5-3-4-6-13(19)2/h7-8,12-15H,3-6,9-11,18H2,1-2H3. The maximum atomic E-state index is 6.15. The molecule has 0 amide bonds. The minimum Gasteiger partial charge on any atom is -0.464 e. The predicted octanol–water partition coefficient (Wildman–Crippen LogP) is 3.67. The Morgan fingerprint density at radius 2 is 2.10 bits per heavy atom. The van der Waals surface area contributed by atoms with Crippen molar-refractivity contribution < 1.29 is 4.42 Å². The topological polar surface area (TPSA) is 42.4 Å². The van der Waals surface area contributed by atoms with Crippen LogP contribution in [0.15, 0.2) is 16.5 Å². The third-order valence-electron chi connectivity index (χ3n) is 5.18. The van der Waals surface area contributed by atoms with E-state index in [-0.39, 0.29) is 6.04 Å². The summed E-state index contributed by atoms with van der Waals surface area (Å²) in [6, 6.07) is 5.20. The van der Waals surface area contributed by atoms with Crippen LogP contribution >= 0.6 is 0 Å². The minimum absolute atomic E-state index is 0.255. The highest BCUT2D eigenvalue weighted by Gasteiger charge is 2.37. The average molecular weight is 276 g/mol. The molecule has 2 aliphatic rings. The lowest BCUT2D eigenvalue weighted by molar-refractivity contribution is 0.132. The van der Waals surface area contributed by atoms with Crippen molar-refractivity contribution in [1.82, 2.24) is 4.90 Å². The first kappa shape index (κ1) is 14.2. The van der Waals surface area contributed by atoms with Crippen LogP contribution in [0.5, 0.6) is 0 Å². The van der Waals surface area contributed by atoms with E-state index in [0.717, 1.165) is 18.2 Å². The first-order valence-electron chi connectivity index (χ1n) is 8.26. The summed E-state index contributed by atoms with van der Waals surface area (Å²) < 4.78 is 6.15. The molecule has 0 aromatic carbocycles. The third-order valence-corrected chi connectivity index (χ3v) is 5.18. The van der Waals surface area contributed by atoms with Crippen LogP contribution in [0.1, 0.15) is 69.4 Å². The monoisotopic (exact) mass is 276 g/mol. The van der Waals surface area contributed by atoms with Crippen molar-refractivity contribution in [2.75, 3.05) is 13.1 Å². The second-order valence-corrected chi connectivity index (χ2v) is 6.75. The quantitative estimate of drug-likeness (QED) is 0.912. The number of likely N-dealkylation sites (tertiary alicyclic amines) is 1. The van der Waals surface area contributed by atoms with E-state index < -0.39 is 0 Å². The zero-order valence-electron chi connectivity index (χ0n) is 12.8. The number of nitrogens with two attached hydrogens (primary N) is 1. The molecule has 3 rings (SSSR count). The van der Waals surface area contributed by atoms with Gasteiger partial charge in [-0.05, 0) is 50.8 Å². The molecule has 1 aliphatic carbocycles. The van der Waals surface area contributed by atoms with Gasteiger partial charge < -0.3 is 10.2 Å². The fourth-order valence-electron chi connectivity index (χ4n) is 3.64. The zero-order valence-corrected chi connectivity index (χ0v) is 12.8. The van der Waals surface area contributed by atoms with Crippen LogP contribution in [0.2, 0.25) is 0 Å². The van der Waals surface area contributed by atoms with Crippen molar-refractivity contribution in [2.24, 2.45) is 11.7 Å². The third kappa shape index (κ3) is 2.79. The van der Waals surface area contributed by atoms with Gasteiger partial charge in [-0.25, -0.2) is 0 Å². The fraction of sp³-hybridized carbons (Fsp3) is 0.765. The molecule has 20 heavy (non-hydrogen) atoms. The Bertz CT molecular complexity index is 442. The molecular formula is C17H28N2O. The maximum absolute atomic E-state index is 6.15. The summed E-state index contributed by atoms with van der Waals surface area (Å²) >= 11 is 0. The van der Waals surface area contributed by atoms with E-state index in [9.17, 15) is 0 Å². The van der Waals surface area contributed by atoms with Crippen molar-refractivity contribution in [1.29, 1.82) is 0 Å². The minimum atomic E-state index is 0.255. The largest absolute Gasteiger partial charge is 0.464 e. The van der Waals surface area contributed by atoms with E-state index in [4.69, 9.17) is 10.2 Å². The lowest BCUT2D eigenvalue weighted by Gasteiger charge is -2.33. The zero-order chi connectivity index (χ0) is 14.1. The van der Waals surface area contributed by atoms with Crippen LogP contribution in [0, 0.1) is 5.92 Å². The van der Waals surface area contributed by atoms with Gasteiger partial charge in [-0.1, -0.05) is 19.8 Å². The van der Waals surface area contributed by atoms with Crippen molar-refractivity contribution >= 4 is 0 Å². The van der Waals surface area contributed by atoms with Gasteiger partial charge in [0.05, 0.1) is 6.04 Å². The van der Waals surface area contributed by atoms with Crippen LogP contribution in [0.25, 0.3) is 0 Å². The second kappa shape index (κ2) is 5.90. The van der Waals surface area contributed by atoms with Gasteiger partial charge in [-0.15, -0.1) is 0 Å². The molecular weight excluding hydrogens is 248 g/mol. The Kier molecular flexibility index (Phi) is 4.18. The van der Waals surface area contributed by atoms with E-state index in [1.807, 2.05) is 0 Å². The molecule has 2 N–H and O–H groups in total. The average Bonchev–Trinajstić information content (AvgIpc) is 3.04. The van der Waals surface area contributed by atoms with Crippen LogP contribution in [-0.2, 0) is 0 Å². The Morgan fingerprint density at radius 1 is 1.30 bits per heavy atom. The van der Waals surface area contributed by atoms with Gasteiger partial charge in [-0.2, -0.15) is 0 Å². The number of furan rings is 1. The summed E-state index contributed by atoms with van der Waals surface area (Å²) in [5.74, 6) is 3.70. The first-order chi connectivity index (χ1) is 9.70. The van der Waals surface area contributed by atoms with E-state index in [1.165, 1.54) is 37.9 Å². The number of nitrogens with zero attached hydrogens (tertiary/aromatic N) is 1. The Labute approximate surface area is 122 Å². The van der Waals surface area contributed by atoms with Gasteiger partial charge >= 0.3 is 0 Å². The number of hydrogen-bond donors (Lipinski definition) is 1.